The Bertz CT molecular complexity index is 573. The first kappa shape index (κ1) is 19.8. The lowest BCUT2D eigenvalue weighted by atomic mass is 10.0. The summed E-state index contributed by atoms with van der Waals surface area (Å²) in [5.41, 5.74) is -0.0163. The molecule has 0 amide bonds. The van der Waals surface area contributed by atoms with Crippen LogP contribution in [0.15, 0.2) is 18.2 Å². The average Bonchev–Trinajstić information content (AvgIpc) is 2.40. The van der Waals surface area contributed by atoms with Gasteiger partial charge in [0, 0.05) is 5.69 Å². The predicted molar refractivity (Wildman–Crippen MR) is 87.4 cm³/mol. The van der Waals surface area contributed by atoms with Crippen molar-refractivity contribution in [3.05, 3.63) is 23.8 Å². The molecule has 22 heavy (non-hydrogen) atoms. The van der Waals surface area contributed by atoms with Gasteiger partial charge in [-0.3, -0.25) is 0 Å². The molecule has 1 rings (SSSR count). The number of aliphatic hydroxyl groups is 1. The number of nitrogens with one attached hydrogen (secondary N) is 1. The standard InChI is InChI=1S/C13H18N2O.C4H7NO/c1-9(2)11-7-10(5-6-12(11)16)15-13(3,4)8-14;1-4(2,6)3-5/h5-7,9,15-16H,1-4H3;6H,1-2H3. The van der Waals surface area contributed by atoms with Crippen molar-refractivity contribution in [2.75, 3.05) is 5.32 Å². The number of nitrogens with zero attached hydrogens (tertiary/aromatic N) is 2. The predicted octanol–water partition coefficient (Wildman–Crippen LogP) is 3.51. The van der Waals surface area contributed by atoms with Crippen molar-refractivity contribution in [2.45, 2.75) is 58.6 Å². The van der Waals surface area contributed by atoms with Crippen LogP contribution in [-0.2, 0) is 0 Å². The van der Waals surface area contributed by atoms with E-state index >= 15 is 0 Å². The highest BCUT2D eigenvalue weighted by Gasteiger charge is 2.16. The van der Waals surface area contributed by atoms with Crippen LogP contribution in [0.5, 0.6) is 5.75 Å². The van der Waals surface area contributed by atoms with E-state index < -0.39 is 11.1 Å². The molecule has 0 heterocycles. The Morgan fingerprint density at radius 3 is 1.95 bits per heavy atom. The maximum atomic E-state index is 9.67. The van der Waals surface area contributed by atoms with Gasteiger partial charge < -0.3 is 15.5 Å². The van der Waals surface area contributed by atoms with Crippen LogP contribution < -0.4 is 5.32 Å². The number of benzene rings is 1. The molecule has 0 aliphatic carbocycles. The first-order valence-corrected chi connectivity index (χ1v) is 7.08. The molecule has 0 radical (unpaired) electrons. The molecule has 0 aliphatic rings. The zero-order valence-electron chi connectivity index (χ0n) is 14.1. The SMILES string of the molecule is CC(C)(O)C#N.CC(C)c1cc(NC(C)(C)C#N)ccc1O. The quantitative estimate of drug-likeness (QED) is 0.586. The summed E-state index contributed by atoms with van der Waals surface area (Å²) in [7, 11) is 0. The van der Waals surface area contributed by atoms with E-state index in [0.29, 0.717) is 5.75 Å². The molecule has 0 aromatic heterocycles. The zero-order chi connectivity index (χ0) is 17.6. The monoisotopic (exact) mass is 303 g/mol. The van der Waals surface area contributed by atoms with Crippen LogP contribution in [0.1, 0.15) is 53.0 Å². The molecule has 1 aromatic rings. The summed E-state index contributed by atoms with van der Waals surface area (Å²) < 4.78 is 0. The molecule has 120 valence electrons. The Kier molecular flexibility index (Phi) is 6.90. The Balaban J connectivity index is 0.000000626. The molecular formula is C17H25N3O2. The van der Waals surface area contributed by atoms with Gasteiger partial charge in [0.1, 0.15) is 16.9 Å². The highest BCUT2D eigenvalue weighted by atomic mass is 16.3. The summed E-state index contributed by atoms with van der Waals surface area (Å²) >= 11 is 0. The second kappa shape index (κ2) is 7.68. The number of phenols is 1. The fourth-order valence-corrected chi connectivity index (χ4v) is 1.48. The van der Waals surface area contributed by atoms with Crippen LogP contribution in [0.2, 0.25) is 0 Å². The third kappa shape index (κ3) is 7.52. The maximum Gasteiger partial charge on any atom is 0.145 e. The lowest BCUT2D eigenvalue weighted by Gasteiger charge is -2.20. The highest BCUT2D eigenvalue weighted by molar-refractivity contribution is 5.53. The van der Waals surface area contributed by atoms with E-state index in [-0.39, 0.29) is 5.92 Å². The smallest absolute Gasteiger partial charge is 0.145 e. The number of phenolic OH excluding ortho intramolecular Hbond substituents is 1. The van der Waals surface area contributed by atoms with Gasteiger partial charge in [-0.1, -0.05) is 13.8 Å². The van der Waals surface area contributed by atoms with Gasteiger partial charge in [-0.25, -0.2) is 0 Å². The van der Waals surface area contributed by atoms with Crippen LogP contribution >= 0.6 is 0 Å². The van der Waals surface area contributed by atoms with Crippen LogP contribution in [0.3, 0.4) is 0 Å². The number of anilines is 1. The van der Waals surface area contributed by atoms with E-state index in [1.807, 2.05) is 33.8 Å². The molecule has 3 N–H and O–H groups in total. The fourth-order valence-electron chi connectivity index (χ4n) is 1.48. The molecule has 5 heteroatoms. The van der Waals surface area contributed by atoms with E-state index in [1.54, 1.807) is 18.2 Å². The van der Waals surface area contributed by atoms with Gasteiger partial charge in [-0.2, -0.15) is 10.5 Å². The molecule has 0 unspecified atom stereocenters. The molecule has 0 fully saturated rings. The molecule has 0 saturated carbocycles. The van der Waals surface area contributed by atoms with Gasteiger partial charge in [-0.15, -0.1) is 0 Å². The summed E-state index contributed by atoms with van der Waals surface area (Å²) in [4.78, 5) is 0. The maximum absolute atomic E-state index is 9.67. The molecule has 0 saturated heterocycles. The second-order valence-electron chi connectivity index (χ2n) is 6.46. The van der Waals surface area contributed by atoms with Gasteiger partial charge in [0.15, 0.2) is 0 Å². The van der Waals surface area contributed by atoms with E-state index in [4.69, 9.17) is 15.6 Å². The summed E-state index contributed by atoms with van der Waals surface area (Å²) in [6.45, 7) is 10.5. The van der Waals surface area contributed by atoms with E-state index in [1.165, 1.54) is 13.8 Å². The third-order valence-corrected chi connectivity index (χ3v) is 2.66. The third-order valence-electron chi connectivity index (χ3n) is 2.66. The number of nitriles is 2. The molecule has 0 bridgehead atoms. The van der Waals surface area contributed by atoms with Crippen molar-refractivity contribution in [1.29, 1.82) is 10.5 Å². The van der Waals surface area contributed by atoms with Crippen LogP contribution in [0.25, 0.3) is 0 Å². The highest BCUT2D eigenvalue weighted by Crippen LogP contribution is 2.29. The summed E-state index contributed by atoms with van der Waals surface area (Å²) in [6.07, 6.45) is 0. The van der Waals surface area contributed by atoms with Crippen molar-refractivity contribution >= 4 is 5.69 Å². The van der Waals surface area contributed by atoms with E-state index in [9.17, 15) is 5.11 Å². The van der Waals surface area contributed by atoms with Crippen molar-refractivity contribution in [3.63, 3.8) is 0 Å². The van der Waals surface area contributed by atoms with Gasteiger partial charge in [-0.05, 0) is 57.4 Å². The Morgan fingerprint density at radius 1 is 1.09 bits per heavy atom. The normalized spacial score (nSPS) is 11.0. The van der Waals surface area contributed by atoms with Crippen molar-refractivity contribution < 1.29 is 10.2 Å². The van der Waals surface area contributed by atoms with Crippen LogP contribution in [0.4, 0.5) is 5.69 Å². The first-order chi connectivity index (χ1) is 9.91. The summed E-state index contributed by atoms with van der Waals surface area (Å²) in [5.74, 6) is 0.558. The van der Waals surface area contributed by atoms with Crippen molar-refractivity contribution in [3.8, 4) is 17.9 Å². The van der Waals surface area contributed by atoms with E-state index in [0.717, 1.165) is 11.3 Å². The fraction of sp³-hybridized carbons (Fsp3) is 0.529. The minimum Gasteiger partial charge on any atom is -0.508 e. The molecule has 5 nitrogen and oxygen atoms in total. The molecule has 1 aromatic carbocycles. The number of rotatable bonds is 3. The Morgan fingerprint density at radius 2 is 1.59 bits per heavy atom. The van der Waals surface area contributed by atoms with Gasteiger partial charge >= 0.3 is 0 Å². The number of hydrogen-bond acceptors (Lipinski definition) is 5. The van der Waals surface area contributed by atoms with Gasteiger partial charge in [0.05, 0.1) is 12.1 Å². The molecular weight excluding hydrogens is 278 g/mol. The largest absolute Gasteiger partial charge is 0.508 e. The van der Waals surface area contributed by atoms with Gasteiger partial charge in [0.2, 0.25) is 0 Å². The minimum atomic E-state index is -1.15. The molecule has 0 atom stereocenters. The summed E-state index contributed by atoms with van der Waals surface area (Å²) in [6, 6.07) is 9.16. The Labute approximate surface area is 132 Å². The topological polar surface area (TPSA) is 100 Å². The van der Waals surface area contributed by atoms with Crippen molar-refractivity contribution in [2.24, 2.45) is 0 Å². The average molecular weight is 303 g/mol. The molecule has 0 spiro atoms. The number of hydrogen-bond donors (Lipinski definition) is 3. The zero-order valence-corrected chi connectivity index (χ0v) is 14.1. The van der Waals surface area contributed by atoms with Gasteiger partial charge in [0.25, 0.3) is 0 Å². The minimum absolute atomic E-state index is 0.256. The van der Waals surface area contributed by atoms with E-state index in [2.05, 4.69) is 11.4 Å². The second-order valence-corrected chi connectivity index (χ2v) is 6.46. The summed E-state index contributed by atoms with van der Waals surface area (Å²) in [5, 5.41) is 38.1. The van der Waals surface area contributed by atoms with Crippen molar-refractivity contribution in [1.82, 2.24) is 0 Å². The Hall–Kier alpha value is -2.24. The lowest BCUT2D eigenvalue weighted by Crippen LogP contribution is -2.28. The lowest BCUT2D eigenvalue weighted by molar-refractivity contribution is 0.141. The van der Waals surface area contributed by atoms with Crippen LogP contribution in [0, 0.1) is 22.7 Å². The number of aromatic hydroxyl groups is 1. The van der Waals surface area contributed by atoms with Crippen LogP contribution in [-0.4, -0.2) is 21.4 Å². The first-order valence-electron chi connectivity index (χ1n) is 7.08. The molecule has 0 aliphatic heterocycles.